The van der Waals surface area contributed by atoms with Crippen LogP contribution in [0.4, 0.5) is 5.69 Å². The van der Waals surface area contributed by atoms with Crippen LogP contribution >= 0.6 is 11.6 Å². The molecule has 0 spiro atoms. The van der Waals surface area contributed by atoms with Gasteiger partial charge in [-0.25, -0.2) is 8.42 Å². The number of hydrogen-bond donors (Lipinski definition) is 1. The van der Waals surface area contributed by atoms with E-state index in [-0.39, 0.29) is 11.4 Å². The van der Waals surface area contributed by atoms with Crippen LogP contribution in [0.2, 0.25) is 5.02 Å². The van der Waals surface area contributed by atoms with Crippen LogP contribution in [0.15, 0.2) is 47.4 Å². The van der Waals surface area contributed by atoms with Crippen LogP contribution in [0.3, 0.4) is 0 Å². The first kappa shape index (κ1) is 18.4. The Balaban J connectivity index is 2.14. The van der Waals surface area contributed by atoms with Crippen molar-refractivity contribution < 1.29 is 13.2 Å². The highest BCUT2D eigenvalue weighted by Crippen LogP contribution is 2.21. The van der Waals surface area contributed by atoms with Crippen molar-refractivity contribution in [2.24, 2.45) is 0 Å². The van der Waals surface area contributed by atoms with Crippen LogP contribution in [-0.4, -0.2) is 32.2 Å². The summed E-state index contributed by atoms with van der Waals surface area (Å²) < 4.78 is 26.0. The highest BCUT2D eigenvalue weighted by atomic mass is 35.5. The summed E-state index contributed by atoms with van der Waals surface area (Å²) in [5.41, 5.74) is 2.54. The number of rotatable bonds is 5. The number of sulfonamides is 1. The molecule has 2 aromatic rings. The van der Waals surface area contributed by atoms with E-state index in [0.29, 0.717) is 10.7 Å². The number of nitrogens with zero attached hydrogens (tertiary/aromatic N) is 1. The summed E-state index contributed by atoms with van der Waals surface area (Å²) in [6.45, 7) is 3.48. The number of aryl methyl sites for hydroxylation is 2. The molecule has 0 atom stereocenters. The molecule has 0 aliphatic rings. The third kappa shape index (κ3) is 4.14. The Bertz CT molecular complexity index is 846. The molecule has 0 bridgehead atoms. The first-order chi connectivity index (χ1) is 11.2. The molecule has 2 aromatic carbocycles. The number of carbonyl (C=O) groups is 1. The van der Waals surface area contributed by atoms with Gasteiger partial charge >= 0.3 is 0 Å². The van der Waals surface area contributed by atoms with Crippen LogP contribution in [0.25, 0.3) is 0 Å². The SMILES string of the molecule is Cc1cccc(C)c1NC(=O)CN(C)S(=O)(=O)c1cccc(Cl)c1. The minimum atomic E-state index is -3.78. The van der Waals surface area contributed by atoms with Crippen molar-refractivity contribution in [1.29, 1.82) is 0 Å². The fourth-order valence-electron chi connectivity index (χ4n) is 2.29. The number of nitrogens with one attached hydrogen (secondary N) is 1. The van der Waals surface area contributed by atoms with Crippen LogP contribution in [0.1, 0.15) is 11.1 Å². The summed E-state index contributed by atoms with van der Waals surface area (Å²) in [5.74, 6) is -0.402. The average Bonchev–Trinajstić information content (AvgIpc) is 2.51. The Labute approximate surface area is 147 Å². The lowest BCUT2D eigenvalue weighted by Crippen LogP contribution is -2.35. The minimum Gasteiger partial charge on any atom is -0.324 e. The lowest BCUT2D eigenvalue weighted by atomic mass is 10.1. The van der Waals surface area contributed by atoms with Crippen molar-refractivity contribution in [1.82, 2.24) is 4.31 Å². The van der Waals surface area contributed by atoms with Gasteiger partial charge in [0.25, 0.3) is 0 Å². The van der Waals surface area contributed by atoms with Crippen LogP contribution in [-0.2, 0) is 14.8 Å². The molecule has 0 aromatic heterocycles. The van der Waals surface area contributed by atoms with Crippen LogP contribution in [0.5, 0.6) is 0 Å². The van der Waals surface area contributed by atoms with Gasteiger partial charge in [0.2, 0.25) is 15.9 Å². The van der Waals surface area contributed by atoms with Gasteiger partial charge in [-0.2, -0.15) is 4.31 Å². The fraction of sp³-hybridized carbons (Fsp3) is 0.235. The maximum absolute atomic E-state index is 12.5. The van der Waals surface area contributed by atoms with Crippen LogP contribution < -0.4 is 5.32 Å². The van der Waals surface area contributed by atoms with Gasteiger partial charge in [-0.1, -0.05) is 35.9 Å². The maximum Gasteiger partial charge on any atom is 0.243 e. The minimum absolute atomic E-state index is 0.0531. The second-order valence-corrected chi connectivity index (χ2v) is 8.01. The third-order valence-electron chi connectivity index (χ3n) is 3.62. The fourth-order valence-corrected chi connectivity index (χ4v) is 3.71. The number of amides is 1. The molecule has 0 saturated carbocycles. The zero-order valence-electron chi connectivity index (χ0n) is 13.7. The number of carbonyl (C=O) groups excluding carboxylic acids is 1. The van der Waals surface area contributed by atoms with E-state index in [1.54, 1.807) is 12.1 Å². The Kier molecular flexibility index (Phi) is 5.64. The number of anilines is 1. The van der Waals surface area contributed by atoms with Gasteiger partial charge < -0.3 is 5.32 Å². The summed E-state index contributed by atoms with van der Waals surface area (Å²) in [7, 11) is -2.42. The van der Waals surface area contributed by atoms with Crippen molar-refractivity contribution in [3.63, 3.8) is 0 Å². The smallest absolute Gasteiger partial charge is 0.243 e. The summed E-state index contributed by atoms with van der Waals surface area (Å²) in [4.78, 5) is 12.3. The van der Waals surface area contributed by atoms with Gasteiger partial charge in [0.1, 0.15) is 0 Å². The maximum atomic E-state index is 12.5. The number of hydrogen-bond acceptors (Lipinski definition) is 3. The molecule has 5 nitrogen and oxygen atoms in total. The van der Waals surface area contributed by atoms with E-state index in [1.165, 1.54) is 19.2 Å². The lowest BCUT2D eigenvalue weighted by molar-refractivity contribution is -0.116. The van der Waals surface area contributed by atoms with Gasteiger partial charge in [0.15, 0.2) is 0 Å². The Morgan fingerprint density at radius 2 is 1.71 bits per heavy atom. The molecule has 24 heavy (non-hydrogen) atoms. The van der Waals surface area contributed by atoms with Gasteiger partial charge in [-0.15, -0.1) is 0 Å². The number of halogens is 1. The molecule has 0 radical (unpaired) electrons. The standard InChI is InChI=1S/C17H19ClN2O3S/c1-12-6-4-7-13(2)17(12)19-16(21)11-20(3)24(22,23)15-9-5-8-14(18)10-15/h4-10H,11H2,1-3H3,(H,19,21). The van der Waals surface area contributed by atoms with Crippen molar-refractivity contribution in [2.75, 3.05) is 18.9 Å². The quantitative estimate of drug-likeness (QED) is 0.883. The molecule has 0 heterocycles. The first-order valence-electron chi connectivity index (χ1n) is 7.30. The van der Waals surface area contributed by atoms with E-state index >= 15 is 0 Å². The lowest BCUT2D eigenvalue weighted by Gasteiger charge is -2.18. The monoisotopic (exact) mass is 366 g/mol. The second-order valence-electron chi connectivity index (χ2n) is 5.53. The molecule has 2 rings (SSSR count). The summed E-state index contributed by atoms with van der Waals surface area (Å²) in [6, 6.07) is 11.6. The van der Waals surface area contributed by atoms with E-state index in [2.05, 4.69) is 5.32 Å². The number of para-hydroxylation sites is 1. The molecule has 1 amide bonds. The predicted molar refractivity (Wildman–Crippen MR) is 95.8 cm³/mol. The van der Waals surface area contributed by atoms with E-state index in [0.717, 1.165) is 15.4 Å². The summed E-state index contributed by atoms with van der Waals surface area (Å²) >= 11 is 5.84. The highest BCUT2D eigenvalue weighted by molar-refractivity contribution is 7.89. The Morgan fingerprint density at radius 1 is 1.12 bits per heavy atom. The molecule has 128 valence electrons. The molecular formula is C17H19ClN2O3S. The van der Waals surface area contributed by atoms with Crippen molar-refractivity contribution in [2.45, 2.75) is 18.7 Å². The normalized spacial score (nSPS) is 11.5. The summed E-state index contributed by atoms with van der Waals surface area (Å²) in [6.07, 6.45) is 0. The van der Waals surface area contributed by atoms with Gasteiger partial charge in [0, 0.05) is 17.8 Å². The molecule has 0 unspecified atom stereocenters. The molecule has 0 fully saturated rings. The molecule has 0 aliphatic heterocycles. The van der Waals surface area contributed by atoms with Crippen molar-refractivity contribution in [3.05, 3.63) is 58.6 Å². The molecular weight excluding hydrogens is 348 g/mol. The van der Waals surface area contributed by atoms with E-state index < -0.39 is 15.9 Å². The third-order valence-corrected chi connectivity index (χ3v) is 5.65. The first-order valence-corrected chi connectivity index (χ1v) is 9.11. The second kappa shape index (κ2) is 7.34. The predicted octanol–water partition coefficient (Wildman–Crippen LogP) is 3.22. The van der Waals surface area contributed by atoms with Gasteiger partial charge in [0.05, 0.1) is 11.4 Å². The number of likely N-dealkylation sites (N-methyl/N-ethyl adjacent to an activating group) is 1. The van der Waals surface area contributed by atoms with Crippen LogP contribution in [0, 0.1) is 13.8 Å². The van der Waals surface area contributed by atoms with Gasteiger partial charge in [-0.05, 0) is 43.2 Å². The molecule has 0 aliphatic carbocycles. The zero-order valence-corrected chi connectivity index (χ0v) is 15.3. The number of benzene rings is 2. The van der Waals surface area contributed by atoms with E-state index in [4.69, 9.17) is 11.6 Å². The highest BCUT2D eigenvalue weighted by Gasteiger charge is 2.23. The largest absolute Gasteiger partial charge is 0.324 e. The zero-order chi connectivity index (χ0) is 17.9. The van der Waals surface area contributed by atoms with Crippen molar-refractivity contribution >= 4 is 33.2 Å². The molecule has 1 N–H and O–H groups in total. The Morgan fingerprint density at radius 3 is 2.29 bits per heavy atom. The van der Waals surface area contributed by atoms with E-state index in [9.17, 15) is 13.2 Å². The van der Waals surface area contributed by atoms with Gasteiger partial charge in [-0.3, -0.25) is 4.79 Å². The topological polar surface area (TPSA) is 66.5 Å². The van der Waals surface area contributed by atoms with E-state index in [1.807, 2.05) is 32.0 Å². The molecule has 0 saturated heterocycles. The average molecular weight is 367 g/mol. The van der Waals surface area contributed by atoms with Crippen molar-refractivity contribution in [3.8, 4) is 0 Å². The molecule has 7 heteroatoms. The Hall–Kier alpha value is -1.89. The summed E-state index contributed by atoms with van der Waals surface area (Å²) in [5, 5.41) is 3.10.